The molecule has 14 atom stereocenters. The first kappa shape index (κ1) is 63.8. The number of hydrogen-bond acceptors (Lipinski definition) is 15. The Hall–Kier alpha value is -1.35. The maximum absolute atomic E-state index is 13.3. The molecule has 16 nitrogen and oxygen atoms in total. The average Bonchev–Trinajstić information content (AvgIpc) is 3.34. The summed E-state index contributed by atoms with van der Waals surface area (Å²) in [7, 11) is 0. The minimum absolute atomic E-state index is 0.0672. The zero-order chi connectivity index (χ0) is 50.7. The number of amides is 1. The van der Waals surface area contributed by atoms with Gasteiger partial charge in [0.05, 0.1) is 32.0 Å². The van der Waals surface area contributed by atoms with Gasteiger partial charge in [-0.3, -0.25) is 4.79 Å². The second-order valence-corrected chi connectivity index (χ2v) is 20.0. The van der Waals surface area contributed by atoms with E-state index in [1.165, 1.54) is 141 Å². The molecule has 6 unspecified atom stereocenters. The molecule has 16 heteroatoms. The number of carbonyl (C=O) groups excluding carboxylic acids is 1. The van der Waals surface area contributed by atoms with E-state index in [4.69, 9.17) is 18.9 Å². The van der Waals surface area contributed by atoms with Gasteiger partial charge in [0.2, 0.25) is 5.91 Å². The van der Waals surface area contributed by atoms with Gasteiger partial charge in [-0.2, -0.15) is 0 Å². The van der Waals surface area contributed by atoms with Gasteiger partial charge in [-0.05, 0) is 25.7 Å². The smallest absolute Gasteiger partial charge is 0.249 e. The van der Waals surface area contributed by atoms with Crippen molar-refractivity contribution < 1.29 is 74.8 Å². The molecule has 2 rings (SSSR count). The van der Waals surface area contributed by atoms with Crippen LogP contribution in [0.2, 0.25) is 0 Å². The zero-order valence-electron chi connectivity index (χ0n) is 42.8. The Kier molecular flexibility index (Phi) is 37.0. The van der Waals surface area contributed by atoms with Crippen molar-refractivity contribution in [3.05, 3.63) is 12.2 Å². The third kappa shape index (κ3) is 27.0. The fourth-order valence-corrected chi connectivity index (χ4v) is 9.17. The van der Waals surface area contributed by atoms with Crippen molar-refractivity contribution in [1.82, 2.24) is 5.32 Å². The molecule has 0 aromatic heterocycles. The molecule has 0 radical (unpaired) electrons. The van der Waals surface area contributed by atoms with Gasteiger partial charge in [0.15, 0.2) is 12.6 Å². The molecule has 2 aliphatic rings. The third-order valence-electron chi connectivity index (χ3n) is 13.9. The SMILES string of the molecule is CCCCCCCCCCC/C=C/C[C@@H](O)[C@@H](O)[C@H](CO[C@@H]1OC(CO[C@H]2OC(CO)[C@H](O)C(O)C2O)[C@@H](O)C(O)C1O)NC(=O)[C@H](O)CCCCCCCCCCCCCCCCCCCCC. The first-order chi connectivity index (χ1) is 33.4. The highest BCUT2D eigenvalue weighted by Gasteiger charge is 2.48. The summed E-state index contributed by atoms with van der Waals surface area (Å²) in [6.45, 7) is 2.64. The number of unbranched alkanes of at least 4 members (excludes halogenated alkanes) is 27. The molecular weight excluding hydrogens is 891 g/mol. The van der Waals surface area contributed by atoms with E-state index >= 15 is 0 Å². The molecular formula is C53H101NO15. The zero-order valence-corrected chi connectivity index (χ0v) is 42.8. The number of rotatable bonds is 43. The summed E-state index contributed by atoms with van der Waals surface area (Å²) in [5.41, 5.74) is 0. The van der Waals surface area contributed by atoms with Gasteiger partial charge >= 0.3 is 0 Å². The predicted octanol–water partition coefficient (Wildman–Crippen LogP) is 5.88. The largest absolute Gasteiger partial charge is 0.394 e. The number of aliphatic hydroxyl groups is 10. The molecule has 2 saturated heterocycles. The van der Waals surface area contributed by atoms with Gasteiger partial charge in [0.25, 0.3) is 0 Å². The van der Waals surface area contributed by atoms with Crippen molar-refractivity contribution in [2.24, 2.45) is 0 Å². The number of carbonyl (C=O) groups is 1. The van der Waals surface area contributed by atoms with Crippen molar-refractivity contribution in [2.45, 2.75) is 299 Å². The Balaban J connectivity index is 1.86. The number of ether oxygens (including phenoxy) is 4. The molecule has 0 aromatic rings. The van der Waals surface area contributed by atoms with Gasteiger partial charge in [-0.25, -0.2) is 0 Å². The molecule has 0 aromatic carbocycles. The van der Waals surface area contributed by atoms with Crippen LogP contribution < -0.4 is 5.32 Å². The topological polar surface area (TPSA) is 268 Å². The summed E-state index contributed by atoms with van der Waals surface area (Å²) in [6.07, 6.45) is 18.4. The maximum Gasteiger partial charge on any atom is 0.249 e. The van der Waals surface area contributed by atoms with Crippen LogP contribution in [0.5, 0.6) is 0 Å². The van der Waals surface area contributed by atoms with Crippen LogP contribution >= 0.6 is 0 Å². The first-order valence-electron chi connectivity index (χ1n) is 27.6. The van der Waals surface area contributed by atoms with Gasteiger partial charge in [0, 0.05) is 0 Å². The maximum atomic E-state index is 13.3. The lowest BCUT2D eigenvalue weighted by molar-refractivity contribution is -0.331. The quantitative estimate of drug-likeness (QED) is 0.0252. The Bertz CT molecular complexity index is 1250. The minimum Gasteiger partial charge on any atom is -0.394 e. The van der Waals surface area contributed by atoms with Crippen molar-refractivity contribution >= 4 is 5.91 Å². The van der Waals surface area contributed by atoms with Crippen molar-refractivity contribution in [2.75, 3.05) is 19.8 Å². The average molecular weight is 992 g/mol. The fraction of sp³-hybridized carbons (Fsp3) is 0.943. The molecule has 408 valence electrons. The molecule has 0 bridgehead atoms. The van der Waals surface area contributed by atoms with Crippen LogP contribution in [0.4, 0.5) is 0 Å². The monoisotopic (exact) mass is 992 g/mol. The lowest BCUT2D eigenvalue weighted by Crippen LogP contribution is -2.62. The van der Waals surface area contributed by atoms with E-state index in [2.05, 4.69) is 19.2 Å². The molecule has 0 aliphatic carbocycles. The molecule has 0 spiro atoms. The van der Waals surface area contributed by atoms with E-state index in [9.17, 15) is 55.9 Å². The highest BCUT2D eigenvalue weighted by Crippen LogP contribution is 2.27. The highest BCUT2D eigenvalue weighted by atomic mass is 16.7. The molecule has 69 heavy (non-hydrogen) atoms. The van der Waals surface area contributed by atoms with Crippen LogP contribution in [-0.4, -0.2) is 163 Å². The lowest BCUT2D eigenvalue weighted by Gasteiger charge is -2.43. The molecule has 2 aliphatic heterocycles. The number of hydrogen-bond donors (Lipinski definition) is 11. The van der Waals surface area contributed by atoms with Crippen LogP contribution in [0.25, 0.3) is 0 Å². The summed E-state index contributed by atoms with van der Waals surface area (Å²) < 4.78 is 22.4. The van der Waals surface area contributed by atoms with Crippen molar-refractivity contribution in [1.29, 1.82) is 0 Å². The van der Waals surface area contributed by atoms with Gasteiger partial charge in [-0.15, -0.1) is 0 Å². The molecule has 1 amide bonds. The van der Waals surface area contributed by atoms with E-state index in [0.717, 1.165) is 38.5 Å². The number of allylic oxidation sites excluding steroid dienone is 1. The Morgan fingerprint density at radius 2 is 0.928 bits per heavy atom. The van der Waals surface area contributed by atoms with Crippen LogP contribution in [0.15, 0.2) is 12.2 Å². The number of aliphatic hydroxyl groups excluding tert-OH is 10. The van der Waals surface area contributed by atoms with E-state index in [1.54, 1.807) is 6.08 Å². The molecule has 2 heterocycles. The van der Waals surface area contributed by atoms with E-state index < -0.39 is 111 Å². The first-order valence-corrected chi connectivity index (χ1v) is 27.6. The lowest BCUT2D eigenvalue weighted by atomic mass is 9.98. The van der Waals surface area contributed by atoms with E-state index in [0.29, 0.717) is 6.42 Å². The molecule has 2 fully saturated rings. The minimum atomic E-state index is -1.83. The second kappa shape index (κ2) is 40.1. The normalized spacial score (nSPS) is 27.1. The van der Waals surface area contributed by atoms with Crippen LogP contribution in [-0.2, 0) is 23.7 Å². The standard InChI is InChI=1S/C53H101NO15/c1-3-5-7-9-11-13-15-17-18-19-20-21-22-23-25-27-29-31-33-35-41(57)51(65)54-39(44(58)40(56)34-32-30-28-26-24-16-14-12-10-8-6-4-2)37-66-52-50(64)48(62)46(60)43(69-52)38-67-53-49(63)47(61)45(59)42(36-55)68-53/h30,32,39-50,52-53,55-64H,3-29,31,33-38H2,1-2H3,(H,54,65)/b32-30+/t39-,40+,41+,42?,43?,44-,45-,46+,47?,48?,49?,50?,52+,53-/m0/s1. The fourth-order valence-electron chi connectivity index (χ4n) is 9.17. The summed E-state index contributed by atoms with van der Waals surface area (Å²) in [4.78, 5) is 13.3. The van der Waals surface area contributed by atoms with Crippen LogP contribution in [0.3, 0.4) is 0 Å². The third-order valence-corrected chi connectivity index (χ3v) is 13.9. The van der Waals surface area contributed by atoms with Gasteiger partial charge < -0.3 is 75.3 Å². The summed E-state index contributed by atoms with van der Waals surface area (Å²) in [5, 5.41) is 108. The number of nitrogens with one attached hydrogen (secondary N) is 1. The Labute approximate surface area is 415 Å². The Morgan fingerprint density at radius 1 is 0.522 bits per heavy atom. The summed E-state index contributed by atoms with van der Waals surface area (Å²) in [5.74, 6) is -0.774. The molecule has 0 saturated carbocycles. The van der Waals surface area contributed by atoms with Gasteiger partial charge in [-0.1, -0.05) is 199 Å². The van der Waals surface area contributed by atoms with Crippen LogP contribution in [0, 0.1) is 0 Å². The van der Waals surface area contributed by atoms with Gasteiger partial charge in [0.1, 0.15) is 61.0 Å². The summed E-state index contributed by atoms with van der Waals surface area (Å²) in [6, 6.07) is -1.30. The predicted molar refractivity (Wildman–Crippen MR) is 266 cm³/mol. The highest BCUT2D eigenvalue weighted by molar-refractivity contribution is 5.80. The van der Waals surface area contributed by atoms with Crippen molar-refractivity contribution in [3.8, 4) is 0 Å². The van der Waals surface area contributed by atoms with Crippen molar-refractivity contribution in [3.63, 3.8) is 0 Å². The summed E-state index contributed by atoms with van der Waals surface area (Å²) >= 11 is 0. The van der Waals surface area contributed by atoms with E-state index in [1.807, 2.05) is 6.08 Å². The van der Waals surface area contributed by atoms with Crippen LogP contribution in [0.1, 0.15) is 213 Å². The molecule has 11 N–H and O–H groups in total. The van der Waals surface area contributed by atoms with E-state index in [-0.39, 0.29) is 12.8 Å². The Morgan fingerprint density at radius 3 is 1.39 bits per heavy atom. The second-order valence-electron chi connectivity index (χ2n) is 20.0.